The molecule has 0 aliphatic carbocycles. The third-order valence-electron chi connectivity index (χ3n) is 4.15. The first-order valence-corrected chi connectivity index (χ1v) is 7.26. The molecular formula is C13H19ClN4O. The summed E-state index contributed by atoms with van der Waals surface area (Å²) in [7, 11) is 0. The molecule has 1 unspecified atom stereocenters. The lowest BCUT2D eigenvalue weighted by atomic mass is 10.2. The standard InChI is InChI=1S/C13H19ClN4O/c14-12-11(8-19)13(16-9-15-12)18-6-3-10(7-18)17-4-1-2-5-17/h9-10,19H,1-8H2. The lowest BCUT2D eigenvalue weighted by Crippen LogP contribution is -2.35. The Hall–Kier alpha value is -0.910. The smallest absolute Gasteiger partial charge is 0.140 e. The lowest BCUT2D eigenvalue weighted by molar-refractivity contribution is 0.260. The Morgan fingerprint density at radius 1 is 1.26 bits per heavy atom. The molecular weight excluding hydrogens is 264 g/mol. The van der Waals surface area contributed by atoms with E-state index in [1.807, 2.05) is 0 Å². The van der Waals surface area contributed by atoms with E-state index >= 15 is 0 Å². The van der Waals surface area contributed by atoms with Crippen LogP contribution in [0.15, 0.2) is 6.33 Å². The first-order chi connectivity index (χ1) is 9.29. The first-order valence-electron chi connectivity index (χ1n) is 6.89. The molecule has 19 heavy (non-hydrogen) atoms. The summed E-state index contributed by atoms with van der Waals surface area (Å²) in [4.78, 5) is 13.0. The molecule has 0 radical (unpaired) electrons. The van der Waals surface area contributed by atoms with E-state index in [1.54, 1.807) is 0 Å². The van der Waals surface area contributed by atoms with Crippen molar-refractivity contribution in [2.75, 3.05) is 31.1 Å². The molecule has 3 heterocycles. The number of hydrogen-bond donors (Lipinski definition) is 1. The second kappa shape index (κ2) is 5.61. The van der Waals surface area contributed by atoms with Crippen LogP contribution in [0.3, 0.4) is 0 Å². The van der Waals surface area contributed by atoms with Gasteiger partial charge < -0.3 is 10.0 Å². The quantitative estimate of drug-likeness (QED) is 0.847. The normalized spacial score (nSPS) is 24.3. The Bertz CT molecular complexity index is 450. The lowest BCUT2D eigenvalue weighted by Gasteiger charge is -2.24. The minimum Gasteiger partial charge on any atom is -0.391 e. The van der Waals surface area contributed by atoms with Crippen LogP contribution < -0.4 is 4.90 Å². The molecule has 6 heteroatoms. The Balaban J connectivity index is 1.75. The predicted octanol–water partition coefficient (Wildman–Crippen LogP) is 1.30. The van der Waals surface area contributed by atoms with Gasteiger partial charge in [0, 0.05) is 19.1 Å². The maximum Gasteiger partial charge on any atom is 0.140 e. The molecule has 0 amide bonds. The van der Waals surface area contributed by atoms with Gasteiger partial charge in [-0.2, -0.15) is 0 Å². The molecule has 3 rings (SSSR count). The van der Waals surface area contributed by atoms with E-state index in [-0.39, 0.29) is 6.61 Å². The van der Waals surface area contributed by atoms with Crippen LogP contribution in [0.5, 0.6) is 0 Å². The monoisotopic (exact) mass is 282 g/mol. The van der Waals surface area contributed by atoms with Crippen molar-refractivity contribution in [2.24, 2.45) is 0 Å². The number of rotatable bonds is 3. The summed E-state index contributed by atoms with van der Waals surface area (Å²) in [6, 6.07) is 0.614. The Morgan fingerprint density at radius 3 is 2.79 bits per heavy atom. The van der Waals surface area contributed by atoms with Gasteiger partial charge in [0.25, 0.3) is 0 Å². The number of aliphatic hydroxyl groups excluding tert-OH is 1. The molecule has 2 fully saturated rings. The SMILES string of the molecule is OCc1c(Cl)ncnc1N1CCC(N2CCCC2)C1. The Morgan fingerprint density at radius 2 is 2.05 bits per heavy atom. The predicted molar refractivity (Wildman–Crippen MR) is 74.4 cm³/mol. The van der Waals surface area contributed by atoms with Gasteiger partial charge in [0.05, 0.1) is 12.2 Å². The summed E-state index contributed by atoms with van der Waals surface area (Å²) in [6.07, 6.45) is 5.27. The van der Waals surface area contributed by atoms with E-state index in [2.05, 4.69) is 19.8 Å². The van der Waals surface area contributed by atoms with Crippen LogP contribution >= 0.6 is 11.6 Å². The van der Waals surface area contributed by atoms with Gasteiger partial charge in [0.15, 0.2) is 0 Å². The zero-order valence-electron chi connectivity index (χ0n) is 10.9. The summed E-state index contributed by atoms with van der Waals surface area (Å²) in [6.45, 7) is 4.27. The van der Waals surface area contributed by atoms with Crippen molar-refractivity contribution in [3.63, 3.8) is 0 Å². The third kappa shape index (κ3) is 2.55. The van der Waals surface area contributed by atoms with Crippen molar-refractivity contribution >= 4 is 17.4 Å². The number of halogens is 1. The van der Waals surface area contributed by atoms with Crippen LogP contribution in [0.2, 0.25) is 5.15 Å². The van der Waals surface area contributed by atoms with Gasteiger partial charge in [0.1, 0.15) is 17.3 Å². The van der Waals surface area contributed by atoms with Gasteiger partial charge >= 0.3 is 0 Å². The van der Waals surface area contributed by atoms with Crippen molar-refractivity contribution in [3.8, 4) is 0 Å². The highest BCUT2D eigenvalue weighted by molar-refractivity contribution is 6.30. The highest BCUT2D eigenvalue weighted by Gasteiger charge is 2.31. The highest BCUT2D eigenvalue weighted by atomic mass is 35.5. The maximum absolute atomic E-state index is 9.44. The third-order valence-corrected chi connectivity index (χ3v) is 4.47. The van der Waals surface area contributed by atoms with E-state index in [0.717, 1.165) is 25.3 Å². The number of aliphatic hydroxyl groups is 1. The average Bonchev–Trinajstić information content (AvgIpc) is 3.09. The number of hydrogen-bond acceptors (Lipinski definition) is 5. The molecule has 2 aliphatic rings. The number of anilines is 1. The van der Waals surface area contributed by atoms with Gasteiger partial charge in [-0.25, -0.2) is 9.97 Å². The van der Waals surface area contributed by atoms with Crippen molar-refractivity contribution in [3.05, 3.63) is 17.0 Å². The van der Waals surface area contributed by atoms with Gasteiger partial charge in [-0.15, -0.1) is 0 Å². The Kier molecular flexibility index (Phi) is 3.86. The fraction of sp³-hybridized carbons (Fsp3) is 0.692. The minimum absolute atomic E-state index is 0.111. The van der Waals surface area contributed by atoms with Crippen LogP contribution in [-0.2, 0) is 6.61 Å². The van der Waals surface area contributed by atoms with Crippen molar-refractivity contribution in [1.82, 2.24) is 14.9 Å². The average molecular weight is 283 g/mol. The molecule has 104 valence electrons. The van der Waals surface area contributed by atoms with Crippen LogP contribution in [0, 0.1) is 0 Å². The largest absolute Gasteiger partial charge is 0.391 e. The number of aromatic nitrogens is 2. The summed E-state index contributed by atoms with van der Waals surface area (Å²) in [5.41, 5.74) is 0.645. The van der Waals surface area contributed by atoms with Crippen molar-refractivity contribution in [2.45, 2.75) is 31.9 Å². The topological polar surface area (TPSA) is 52.5 Å². The van der Waals surface area contributed by atoms with Gasteiger partial charge in [-0.3, -0.25) is 4.90 Å². The highest BCUT2D eigenvalue weighted by Crippen LogP contribution is 2.28. The number of likely N-dealkylation sites (tertiary alicyclic amines) is 1. The van der Waals surface area contributed by atoms with Crippen LogP contribution in [-0.4, -0.2) is 52.2 Å². The fourth-order valence-corrected chi connectivity index (χ4v) is 3.32. The molecule has 0 spiro atoms. The molecule has 2 saturated heterocycles. The molecule has 0 bridgehead atoms. The van der Waals surface area contributed by atoms with E-state index in [9.17, 15) is 5.11 Å². The molecule has 0 saturated carbocycles. The van der Waals surface area contributed by atoms with Crippen LogP contribution in [0.1, 0.15) is 24.8 Å². The second-order valence-electron chi connectivity index (χ2n) is 5.26. The van der Waals surface area contributed by atoms with E-state index < -0.39 is 0 Å². The van der Waals surface area contributed by atoms with E-state index in [4.69, 9.17) is 11.6 Å². The summed E-state index contributed by atoms with van der Waals surface area (Å²) in [5, 5.41) is 9.79. The summed E-state index contributed by atoms with van der Waals surface area (Å²) < 4.78 is 0. The minimum atomic E-state index is -0.111. The summed E-state index contributed by atoms with van der Waals surface area (Å²) in [5.74, 6) is 0.796. The molecule has 5 nitrogen and oxygen atoms in total. The van der Waals surface area contributed by atoms with Gasteiger partial charge in [-0.1, -0.05) is 11.6 Å². The van der Waals surface area contributed by atoms with Gasteiger partial charge in [-0.05, 0) is 32.4 Å². The van der Waals surface area contributed by atoms with Crippen molar-refractivity contribution in [1.29, 1.82) is 0 Å². The molecule has 0 aromatic carbocycles. The van der Waals surface area contributed by atoms with Gasteiger partial charge in [0.2, 0.25) is 0 Å². The van der Waals surface area contributed by atoms with Crippen molar-refractivity contribution < 1.29 is 5.11 Å². The Labute approximate surface area is 118 Å². The maximum atomic E-state index is 9.44. The van der Waals surface area contributed by atoms with Crippen LogP contribution in [0.4, 0.5) is 5.82 Å². The molecule has 1 atom stereocenters. The zero-order chi connectivity index (χ0) is 13.2. The first kappa shape index (κ1) is 13.1. The second-order valence-corrected chi connectivity index (χ2v) is 5.61. The number of nitrogens with zero attached hydrogens (tertiary/aromatic N) is 4. The van der Waals surface area contributed by atoms with E-state index in [1.165, 1.54) is 32.3 Å². The molecule has 1 aromatic rings. The molecule has 1 aromatic heterocycles. The molecule has 2 aliphatic heterocycles. The van der Waals surface area contributed by atoms with Crippen LogP contribution in [0.25, 0.3) is 0 Å². The summed E-state index contributed by atoms with van der Waals surface area (Å²) >= 11 is 6.02. The van der Waals surface area contributed by atoms with E-state index in [0.29, 0.717) is 16.8 Å². The fourth-order valence-electron chi connectivity index (χ4n) is 3.13. The molecule has 1 N–H and O–H groups in total. The zero-order valence-corrected chi connectivity index (χ0v) is 11.7.